The zero-order valence-corrected chi connectivity index (χ0v) is 12.0. The van der Waals surface area contributed by atoms with E-state index in [-0.39, 0.29) is 11.4 Å². The van der Waals surface area contributed by atoms with E-state index in [1.165, 1.54) is 12.8 Å². The quantitative estimate of drug-likeness (QED) is 0.794. The van der Waals surface area contributed by atoms with Crippen molar-refractivity contribution in [3.05, 3.63) is 0 Å². The summed E-state index contributed by atoms with van der Waals surface area (Å²) >= 11 is 0. The van der Waals surface area contributed by atoms with Crippen molar-refractivity contribution in [3.63, 3.8) is 0 Å². The van der Waals surface area contributed by atoms with Crippen LogP contribution in [-0.4, -0.2) is 49.9 Å². The van der Waals surface area contributed by atoms with Gasteiger partial charge in [0.05, 0.1) is 18.8 Å². The molecule has 0 aromatic rings. The summed E-state index contributed by atoms with van der Waals surface area (Å²) in [7, 11) is 1.70. The van der Waals surface area contributed by atoms with Gasteiger partial charge in [-0.15, -0.1) is 0 Å². The molecule has 1 N–H and O–H groups in total. The van der Waals surface area contributed by atoms with E-state index >= 15 is 0 Å². The second-order valence-electron chi connectivity index (χ2n) is 5.69. The Balaban J connectivity index is 1.73. The van der Waals surface area contributed by atoms with Crippen LogP contribution >= 0.6 is 0 Å². The number of hydrogen-bond acceptors (Lipinski definition) is 4. The van der Waals surface area contributed by atoms with Gasteiger partial charge in [0.2, 0.25) is 5.91 Å². The van der Waals surface area contributed by atoms with Gasteiger partial charge in [-0.2, -0.15) is 5.06 Å². The van der Waals surface area contributed by atoms with E-state index in [0.29, 0.717) is 19.6 Å². The lowest BCUT2D eigenvalue weighted by Gasteiger charge is -2.30. The Morgan fingerprint density at radius 2 is 2.11 bits per heavy atom. The molecule has 0 atom stereocenters. The lowest BCUT2D eigenvalue weighted by atomic mass is 9.98. The van der Waals surface area contributed by atoms with Crippen LogP contribution in [-0.2, 0) is 14.4 Å². The predicted molar refractivity (Wildman–Crippen MR) is 72.6 cm³/mol. The molecule has 2 fully saturated rings. The molecule has 1 saturated carbocycles. The summed E-state index contributed by atoms with van der Waals surface area (Å²) in [5.41, 5.74) is -0.116. The van der Waals surface area contributed by atoms with Crippen LogP contribution in [0, 0.1) is 0 Å². The van der Waals surface area contributed by atoms with Gasteiger partial charge >= 0.3 is 0 Å². The number of hydroxylamine groups is 2. The normalized spacial score (nSPS) is 23.4. The number of methoxy groups -OCH3 is 1. The van der Waals surface area contributed by atoms with Gasteiger partial charge < -0.3 is 10.1 Å². The third-order valence-corrected chi connectivity index (χ3v) is 4.05. The van der Waals surface area contributed by atoms with Crippen molar-refractivity contribution < 1.29 is 14.4 Å². The summed E-state index contributed by atoms with van der Waals surface area (Å²) in [6.07, 6.45) is 7.22. The van der Waals surface area contributed by atoms with Gasteiger partial charge in [0, 0.05) is 26.6 Å². The van der Waals surface area contributed by atoms with Crippen LogP contribution in [0.25, 0.3) is 0 Å². The number of carbonyl (C=O) groups is 1. The first kappa shape index (κ1) is 14.8. The Bertz CT molecular complexity index is 284. The molecular formula is C14H26N2O3. The second-order valence-corrected chi connectivity index (χ2v) is 5.69. The Morgan fingerprint density at radius 3 is 2.74 bits per heavy atom. The minimum Gasteiger partial charge on any atom is -0.382 e. The predicted octanol–water partition coefficient (Wildman–Crippen LogP) is 1.48. The number of rotatable bonds is 6. The fraction of sp³-hybridized carbons (Fsp3) is 0.929. The van der Waals surface area contributed by atoms with Gasteiger partial charge in [-0.25, -0.2) is 0 Å². The summed E-state index contributed by atoms with van der Waals surface area (Å²) in [6.45, 7) is 3.04. The van der Waals surface area contributed by atoms with E-state index in [9.17, 15) is 4.79 Å². The molecule has 0 aromatic heterocycles. The average Bonchev–Trinajstić information content (AvgIpc) is 2.86. The highest BCUT2D eigenvalue weighted by Gasteiger charge is 2.35. The molecule has 1 saturated heterocycles. The van der Waals surface area contributed by atoms with Crippen molar-refractivity contribution in [3.8, 4) is 0 Å². The van der Waals surface area contributed by atoms with Crippen LogP contribution in [0.1, 0.15) is 44.9 Å². The summed E-state index contributed by atoms with van der Waals surface area (Å²) in [6, 6.07) is 0. The maximum Gasteiger partial charge on any atom is 0.221 e. The van der Waals surface area contributed by atoms with Gasteiger partial charge in [-0.1, -0.05) is 12.8 Å². The number of amides is 1. The Labute approximate surface area is 115 Å². The number of hydrogen-bond donors (Lipinski definition) is 1. The van der Waals surface area contributed by atoms with Crippen molar-refractivity contribution in [2.75, 3.05) is 33.4 Å². The molecule has 0 aromatic carbocycles. The SMILES string of the molecule is COCC1(NC(=O)CCN2CCCCO2)CCCC1. The maximum atomic E-state index is 12.1. The smallest absolute Gasteiger partial charge is 0.221 e. The minimum atomic E-state index is -0.116. The molecule has 110 valence electrons. The van der Waals surface area contributed by atoms with Gasteiger partial charge in [0.15, 0.2) is 0 Å². The zero-order chi connectivity index (χ0) is 13.6. The number of ether oxygens (including phenoxy) is 1. The number of nitrogens with one attached hydrogen (secondary N) is 1. The summed E-state index contributed by atoms with van der Waals surface area (Å²) in [4.78, 5) is 17.6. The third kappa shape index (κ3) is 4.44. The van der Waals surface area contributed by atoms with E-state index in [2.05, 4.69) is 5.32 Å². The molecule has 2 aliphatic rings. The van der Waals surface area contributed by atoms with Crippen LogP contribution in [0.3, 0.4) is 0 Å². The fourth-order valence-corrected chi connectivity index (χ4v) is 3.04. The van der Waals surface area contributed by atoms with Crippen molar-refractivity contribution >= 4 is 5.91 Å². The molecular weight excluding hydrogens is 244 g/mol. The highest BCUT2D eigenvalue weighted by molar-refractivity contribution is 5.77. The molecule has 0 unspecified atom stereocenters. The summed E-state index contributed by atoms with van der Waals surface area (Å²) in [5, 5.41) is 5.10. The third-order valence-electron chi connectivity index (χ3n) is 4.05. The van der Waals surface area contributed by atoms with E-state index in [1.54, 1.807) is 7.11 Å². The Hall–Kier alpha value is -0.650. The van der Waals surface area contributed by atoms with E-state index in [4.69, 9.17) is 9.57 Å². The Kier molecular flexibility index (Phi) is 5.60. The van der Waals surface area contributed by atoms with Crippen molar-refractivity contribution in [1.82, 2.24) is 10.4 Å². The lowest BCUT2D eigenvalue weighted by molar-refractivity contribution is -0.181. The largest absolute Gasteiger partial charge is 0.382 e. The van der Waals surface area contributed by atoms with Crippen LogP contribution in [0.5, 0.6) is 0 Å². The minimum absolute atomic E-state index is 0.116. The topological polar surface area (TPSA) is 50.8 Å². The van der Waals surface area contributed by atoms with Gasteiger partial charge in [0.25, 0.3) is 0 Å². The summed E-state index contributed by atoms with van der Waals surface area (Å²) in [5.74, 6) is 0.119. The van der Waals surface area contributed by atoms with Crippen molar-refractivity contribution in [2.45, 2.75) is 50.5 Å². The van der Waals surface area contributed by atoms with Crippen LogP contribution in [0.2, 0.25) is 0 Å². The Morgan fingerprint density at radius 1 is 1.32 bits per heavy atom. The molecule has 0 radical (unpaired) electrons. The van der Waals surface area contributed by atoms with Gasteiger partial charge in [0.1, 0.15) is 0 Å². The highest BCUT2D eigenvalue weighted by atomic mass is 16.7. The van der Waals surface area contributed by atoms with Crippen LogP contribution in [0.4, 0.5) is 0 Å². The molecule has 2 rings (SSSR count). The molecule has 5 nitrogen and oxygen atoms in total. The molecule has 5 heteroatoms. The molecule has 1 aliphatic carbocycles. The number of nitrogens with zero attached hydrogens (tertiary/aromatic N) is 1. The lowest BCUT2D eigenvalue weighted by Crippen LogP contribution is -2.50. The van der Waals surface area contributed by atoms with Crippen LogP contribution < -0.4 is 5.32 Å². The monoisotopic (exact) mass is 270 g/mol. The van der Waals surface area contributed by atoms with Crippen molar-refractivity contribution in [1.29, 1.82) is 0 Å². The maximum absolute atomic E-state index is 12.1. The molecule has 0 bridgehead atoms. The molecule has 1 heterocycles. The second kappa shape index (κ2) is 7.22. The molecule has 1 amide bonds. The van der Waals surface area contributed by atoms with E-state index in [0.717, 1.165) is 38.8 Å². The van der Waals surface area contributed by atoms with E-state index in [1.807, 2.05) is 5.06 Å². The van der Waals surface area contributed by atoms with E-state index < -0.39 is 0 Å². The summed E-state index contributed by atoms with van der Waals surface area (Å²) < 4.78 is 5.27. The van der Waals surface area contributed by atoms with Crippen molar-refractivity contribution in [2.24, 2.45) is 0 Å². The molecule has 0 spiro atoms. The van der Waals surface area contributed by atoms with Gasteiger partial charge in [-0.05, 0) is 25.7 Å². The first-order valence-corrected chi connectivity index (χ1v) is 7.42. The number of carbonyl (C=O) groups excluding carboxylic acids is 1. The first-order valence-electron chi connectivity index (χ1n) is 7.42. The first-order chi connectivity index (χ1) is 9.24. The highest BCUT2D eigenvalue weighted by Crippen LogP contribution is 2.29. The van der Waals surface area contributed by atoms with Crippen LogP contribution in [0.15, 0.2) is 0 Å². The van der Waals surface area contributed by atoms with Gasteiger partial charge in [-0.3, -0.25) is 9.63 Å². The standard InChI is InChI=1S/C14H26N2O3/c1-18-12-14(7-2-3-8-14)15-13(17)6-10-16-9-4-5-11-19-16/h2-12H2,1H3,(H,15,17). The molecule has 19 heavy (non-hydrogen) atoms. The molecule has 1 aliphatic heterocycles. The zero-order valence-electron chi connectivity index (χ0n) is 12.0. The average molecular weight is 270 g/mol. The fourth-order valence-electron chi connectivity index (χ4n) is 3.04.